The molecule has 4 nitrogen and oxygen atoms in total. The van der Waals surface area contributed by atoms with Gasteiger partial charge in [0.1, 0.15) is 6.10 Å². The van der Waals surface area contributed by atoms with E-state index in [1.54, 1.807) is 13.8 Å². The number of ether oxygens (including phenoxy) is 1. The summed E-state index contributed by atoms with van der Waals surface area (Å²) in [5.74, 6) is -2.75. The van der Waals surface area contributed by atoms with Crippen molar-refractivity contribution in [2.24, 2.45) is 5.92 Å². The molecule has 1 N–H and O–H groups in total. The Morgan fingerprint density at radius 1 is 1.35 bits per heavy atom. The molecule has 0 aromatic heterocycles. The van der Waals surface area contributed by atoms with Crippen LogP contribution in [0.5, 0.6) is 0 Å². The van der Waals surface area contributed by atoms with E-state index in [9.17, 15) is 9.59 Å². The first-order valence-corrected chi connectivity index (χ1v) is 6.31. The molecule has 0 rings (SSSR count). The number of hydrogen-bond acceptors (Lipinski definition) is 3. The molecular formula is C12H21ClO4. The zero-order valence-electron chi connectivity index (χ0n) is 10.8. The van der Waals surface area contributed by atoms with E-state index in [2.05, 4.69) is 0 Å². The molecule has 17 heavy (non-hydrogen) atoms. The quantitative estimate of drug-likeness (QED) is 0.436. The highest BCUT2D eigenvalue weighted by Gasteiger charge is 2.49. The number of carboxylic acid groups (broad SMARTS) is 1. The summed E-state index contributed by atoms with van der Waals surface area (Å²) in [4.78, 5) is 21.0. The molecule has 0 aromatic carbocycles. The van der Waals surface area contributed by atoms with E-state index in [0.29, 0.717) is 12.8 Å². The molecule has 0 aromatic rings. The summed E-state index contributed by atoms with van der Waals surface area (Å²) in [6.07, 6.45) is 1.98. The number of alkyl halides is 1. The van der Waals surface area contributed by atoms with Gasteiger partial charge in [0, 0.05) is 0 Å². The Balaban J connectivity index is 4.81. The monoisotopic (exact) mass is 264 g/mol. The Bertz CT molecular complexity index is 278. The minimum atomic E-state index is -1.98. The fourth-order valence-corrected chi connectivity index (χ4v) is 1.52. The summed E-state index contributed by atoms with van der Waals surface area (Å²) in [5.41, 5.74) is 0. The standard InChI is InChI=1S/C12H21ClO4/c1-5-7-9(6-2)17-11(16)12(13,8(3)4)10(14)15/h8-9H,5-7H2,1-4H3,(H,14,15). The van der Waals surface area contributed by atoms with Crippen LogP contribution in [0.15, 0.2) is 0 Å². The van der Waals surface area contributed by atoms with E-state index in [1.165, 1.54) is 0 Å². The van der Waals surface area contributed by atoms with Crippen LogP contribution in [0.4, 0.5) is 0 Å². The predicted molar refractivity (Wildman–Crippen MR) is 66.1 cm³/mol. The van der Waals surface area contributed by atoms with Gasteiger partial charge in [-0.05, 0) is 18.8 Å². The van der Waals surface area contributed by atoms with Crippen molar-refractivity contribution in [3.8, 4) is 0 Å². The van der Waals surface area contributed by atoms with Crippen LogP contribution in [0.2, 0.25) is 0 Å². The lowest BCUT2D eigenvalue weighted by Crippen LogP contribution is -2.48. The van der Waals surface area contributed by atoms with Crippen LogP contribution in [0.3, 0.4) is 0 Å². The summed E-state index contributed by atoms with van der Waals surface area (Å²) >= 11 is 5.89. The van der Waals surface area contributed by atoms with Crippen LogP contribution in [0, 0.1) is 5.92 Å². The summed E-state index contributed by atoms with van der Waals surface area (Å²) in [6.45, 7) is 7.04. The number of rotatable bonds is 7. The lowest BCUT2D eigenvalue weighted by Gasteiger charge is -2.26. The predicted octanol–water partition coefficient (Wildman–Crippen LogP) is 2.83. The molecule has 0 saturated carbocycles. The maximum absolute atomic E-state index is 11.9. The van der Waals surface area contributed by atoms with Crippen LogP contribution in [0.1, 0.15) is 47.0 Å². The van der Waals surface area contributed by atoms with Crippen molar-refractivity contribution in [1.29, 1.82) is 0 Å². The zero-order chi connectivity index (χ0) is 13.6. The van der Waals surface area contributed by atoms with Crippen molar-refractivity contribution >= 4 is 23.5 Å². The highest BCUT2D eigenvalue weighted by molar-refractivity contribution is 6.44. The molecule has 0 aliphatic carbocycles. The van der Waals surface area contributed by atoms with E-state index in [0.717, 1.165) is 6.42 Å². The number of carboxylic acids is 1. The second kappa shape index (κ2) is 6.84. The van der Waals surface area contributed by atoms with Gasteiger partial charge in [-0.15, -0.1) is 0 Å². The normalized spacial score (nSPS) is 16.4. The molecule has 100 valence electrons. The average molecular weight is 265 g/mol. The minimum Gasteiger partial charge on any atom is -0.479 e. The number of aliphatic carboxylic acids is 1. The van der Waals surface area contributed by atoms with Gasteiger partial charge in [0.15, 0.2) is 0 Å². The lowest BCUT2D eigenvalue weighted by atomic mass is 9.95. The summed E-state index contributed by atoms with van der Waals surface area (Å²) < 4.78 is 5.18. The first-order valence-electron chi connectivity index (χ1n) is 5.93. The molecule has 0 spiro atoms. The number of halogens is 1. The molecule has 2 unspecified atom stereocenters. The molecule has 0 aliphatic rings. The highest BCUT2D eigenvalue weighted by atomic mass is 35.5. The fourth-order valence-electron chi connectivity index (χ4n) is 1.48. The third-order valence-electron chi connectivity index (χ3n) is 2.74. The van der Waals surface area contributed by atoms with Gasteiger partial charge in [0.2, 0.25) is 4.87 Å². The molecule has 5 heteroatoms. The minimum absolute atomic E-state index is 0.260. The number of carbonyl (C=O) groups excluding carboxylic acids is 1. The van der Waals surface area contributed by atoms with Gasteiger partial charge in [0.05, 0.1) is 0 Å². The average Bonchev–Trinajstić information content (AvgIpc) is 2.26. The Labute approximate surface area is 107 Å². The van der Waals surface area contributed by atoms with E-state index in [-0.39, 0.29) is 6.10 Å². The Morgan fingerprint density at radius 3 is 2.18 bits per heavy atom. The van der Waals surface area contributed by atoms with Crippen molar-refractivity contribution in [3.63, 3.8) is 0 Å². The molecule has 0 amide bonds. The maximum Gasteiger partial charge on any atom is 0.339 e. The first-order chi connectivity index (χ1) is 7.80. The second-order valence-corrected chi connectivity index (χ2v) is 4.99. The maximum atomic E-state index is 11.9. The highest BCUT2D eigenvalue weighted by Crippen LogP contribution is 2.28. The number of esters is 1. The topological polar surface area (TPSA) is 63.6 Å². The van der Waals surface area contributed by atoms with Crippen molar-refractivity contribution in [3.05, 3.63) is 0 Å². The van der Waals surface area contributed by atoms with Crippen LogP contribution in [-0.4, -0.2) is 28.0 Å². The molecular weight excluding hydrogens is 244 g/mol. The van der Waals surface area contributed by atoms with Crippen molar-refractivity contribution in [1.82, 2.24) is 0 Å². The van der Waals surface area contributed by atoms with Crippen molar-refractivity contribution in [2.45, 2.75) is 57.9 Å². The molecule has 0 bridgehead atoms. The van der Waals surface area contributed by atoms with E-state index < -0.39 is 22.7 Å². The van der Waals surface area contributed by atoms with Gasteiger partial charge in [-0.1, -0.05) is 45.7 Å². The van der Waals surface area contributed by atoms with Crippen molar-refractivity contribution < 1.29 is 19.4 Å². The van der Waals surface area contributed by atoms with Crippen LogP contribution in [-0.2, 0) is 14.3 Å². The number of carbonyl (C=O) groups is 2. The smallest absolute Gasteiger partial charge is 0.339 e. The Kier molecular flexibility index (Phi) is 6.53. The van der Waals surface area contributed by atoms with Gasteiger partial charge < -0.3 is 9.84 Å². The lowest BCUT2D eigenvalue weighted by molar-refractivity contribution is -0.162. The molecule has 0 fully saturated rings. The fraction of sp³-hybridized carbons (Fsp3) is 0.833. The van der Waals surface area contributed by atoms with Gasteiger partial charge in [-0.3, -0.25) is 0 Å². The molecule has 0 heterocycles. The van der Waals surface area contributed by atoms with Crippen LogP contribution < -0.4 is 0 Å². The Hall–Kier alpha value is -0.770. The van der Waals surface area contributed by atoms with E-state index >= 15 is 0 Å². The molecule has 0 saturated heterocycles. The molecule has 2 atom stereocenters. The Morgan fingerprint density at radius 2 is 1.88 bits per heavy atom. The molecule has 0 radical (unpaired) electrons. The third-order valence-corrected chi connectivity index (χ3v) is 3.50. The summed E-state index contributed by atoms with van der Waals surface area (Å²) in [7, 11) is 0. The van der Waals surface area contributed by atoms with E-state index in [4.69, 9.17) is 21.4 Å². The third kappa shape index (κ3) is 3.87. The second-order valence-electron chi connectivity index (χ2n) is 4.40. The van der Waals surface area contributed by atoms with Crippen LogP contribution >= 0.6 is 11.6 Å². The van der Waals surface area contributed by atoms with Gasteiger partial charge in [0.25, 0.3) is 0 Å². The van der Waals surface area contributed by atoms with Gasteiger partial charge in [-0.25, -0.2) is 9.59 Å². The SMILES string of the molecule is CCCC(CC)OC(=O)C(Cl)(C(=O)O)C(C)C. The van der Waals surface area contributed by atoms with Gasteiger partial charge in [-0.2, -0.15) is 0 Å². The summed E-state index contributed by atoms with van der Waals surface area (Å²) in [5, 5.41) is 9.06. The van der Waals surface area contributed by atoms with Crippen LogP contribution in [0.25, 0.3) is 0 Å². The largest absolute Gasteiger partial charge is 0.479 e. The van der Waals surface area contributed by atoms with E-state index in [1.807, 2.05) is 13.8 Å². The number of hydrogen-bond donors (Lipinski definition) is 1. The first kappa shape index (κ1) is 16.2. The van der Waals surface area contributed by atoms with Gasteiger partial charge >= 0.3 is 11.9 Å². The molecule has 0 aliphatic heterocycles. The summed E-state index contributed by atoms with van der Waals surface area (Å²) in [6, 6.07) is 0. The van der Waals surface area contributed by atoms with Crippen molar-refractivity contribution in [2.75, 3.05) is 0 Å². The zero-order valence-corrected chi connectivity index (χ0v) is 11.6.